The summed E-state index contributed by atoms with van der Waals surface area (Å²) in [6, 6.07) is 10.5. The molecule has 34 heavy (non-hydrogen) atoms. The van der Waals surface area contributed by atoms with Crippen LogP contribution in [-0.4, -0.2) is 57.0 Å². The van der Waals surface area contributed by atoms with E-state index in [9.17, 15) is 13.6 Å². The van der Waals surface area contributed by atoms with Crippen LogP contribution in [0.4, 0.5) is 8.78 Å². The molecule has 5 rings (SSSR count). The molecule has 2 aromatic carbocycles. The number of hydrogen-bond donors (Lipinski definition) is 1. The number of likely N-dealkylation sites (N-methyl/N-ethyl adjacent to an activating group) is 1. The third-order valence-corrected chi connectivity index (χ3v) is 7.48. The van der Waals surface area contributed by atoms with Crippen LogP contribution in [0.2, 0.25) is 0 Å². The summed E-state index contributed by atoms with van der Waals surface area (Å²) in [5, 5.41) is 3.10. The molecule has 1 aliphatic carbocycles. The van der Waals surface area contributed by atoms with Gasteiger partial charge in [0.2, 0.25) is 0 Å². The number of carbonyl (C=O) groups is 1. The summed E-state index contributed by atoms with van der Waals surface area (Å²) in [7, 11) is 5.39. The van der Waals surface area contributed by atoms with Gasteiger partial charge in [-0.05, 0) is 75.2 Å². The number of halogens is 2. The van der Waals surface area contributed by atoms with Crippen molar-refractivity contribution in [3.8, 4) is 23.0 Å². The van der Waals surface area contributed by atoms with Crippen LogP contribution in [-0.2, 0) is 5.41 Å². The smallest absolute Gasteiger partial charge is 0.493 e. The zero-order valence-electron chi connectivity index (χ0n) is 19.4. The molecule has 3 atom stereocenters. The van der Waals surface area contributed by atoms with E-state index in [-0.39, 0.29) is 40.5 Å². The first-order valence-corrected chi connectivity index (χ1v) is 11.4. The zero-order chi connectivity index (χ0) is 24.1. The molecular weight excluding hydrogens is 446 g/mol. The van der Waals surface area contributed by atoms with E-state index in [1.54, 1.807) is 14.2 Å². The van der Waals surface area contributed by atoms with E-state index in [1.807, 2.05) is 6.07 Å². The second-order valence-electron chi connectivity index (χ2n) is 9.25. The Balaban J connectivity index is 1.32. The lowest BCUT2D eigenvalue weighted by atomic mass is 9.65. The third kappa shape index (κ3) is 3.81. The Morgan fingerprint density at radius 2 is 1.82 bits per heavy atom. The van der Waals surface area contributed by atoms with Crippen molar-refractivity contribution >= 4 is 5.91 Å². The van der Waals surface area contributed by atoms with Gasteiger partial charge in [0.25, 0.3) is 5.91 Å². The molecule has 0 unspecified atom stereocenters. The van der Waals surface area contributed by atoms with Crippen molar-refractivity contribution < 1.29 is 32.5 Å². The SMILES string of the molecule is COc1ccc([C@@]23CC[C@@H](NC(=O)c4ccc5c(c4)OC(F)(F)O5)C[C@@H]2N(C)CC3)cc1OC. The van der Waals surface area contributed by atoms with Crippen molar-refractivity contribution in [1.29, 1.82) is 0 Å². The Bertz CT molecular complexity index is 1110. The van der Waals surface area contributed by atoms with Crippen molar-refractivity contribution in [2.45, 2.75) is 49.5 Å². The summed E-state index contributed by atoms with van der Waals surface area (Å²) in [4.78, 5) is 15.3. The topological polar surface area (TPSA) is 69.3 Å². The predicted molar refractivity (Wildman–Crippen MR) is 120 cm³/mol. The van der Waals surface area contributed by atoms with Gasteiger partial charge in [-0.2, -0.15) is 0 Å². The molecule has 2 aliphatic heterocycles. The minimum absolute atomic E-state index is 0.0279. The van der Waals surface area contributed by atoms with E-state index in [0.29, 0.717) is 11.5 Å². The monoisotopic (exact) mass is 474 g/mol. The van der Waals surface area contributed by atoms with Crippen molar-refractivity contribution in [2.24, 2.45) is 0 Å². The van der Waals surface area contributed by atoms with Crippen LogP contribution in [0.15, 0.2) is 36.4 Å². The molecule has 1 saturated heterocycles. The summed E-state index contributed by atoms with van der Waals surface area (Å²) in [5.41, 5.74) is 1.46. The molecule has 0 bridgehead atoms. The van der Waals surface area contributed by atoms with Gasteiger partial charge in [-0.1, -0.05) is 6.07 Å². The fourth-order valence-electron chi connectivity index (χ4n) is 5.75. The fraction of sp³-hybridized carbons (Fsp3) is 0.480. The Kier molecular flexibility index (Phi) is 5.55. The number of alkyl halides is 2. The third-order valence-electron chi connectivity index (χ3n) is 7.48. The maximum atomic E-state index is 13.3. The lowest BCUT2D eigenvalue weighted by molar-refractivity contribution is -0.286. The normalized spacial score (nSPS) is 27.2. The van der Waals surface area contributed by atoms with Gasteiger partial charge in [-0.25, -0.2) is 0 Å². The second kappa shape index (κ2) is 8.30. The van der Waals surface area contributed by atoms with Gasteiger partial charge in [0.1, 0.15) is 0 Å². The van der Waals surface area contributed by atoms with Crippen LogP contribution in [0.5, 0.6) is 23.0 Å². The summed E-state index contributed by atoms with van der Waals surface area (Å²) < 4.78 is 46.5. The maximum absolute atomic E-state index is 13.3. The van der Waals surface area contributed by atoms with Gasteiger partial charge in [0.05, 0.1) is 14.2 Å². The number of nitrogens with zero attached hydrogens (tertiary/aromatic N) is 1. The van der Waals surface area contributed by atoms with Gasteiger partial charge in [-0.3, -0.25) is 4.79 Å². The lowest BCUT2D eigenvalue weighted by Gasteiger charge is -2.45. The first kappa shape index (κ1) is 22.7. The van der Waals surface area contributed by atoms with E-state index in [2.05, 4.69) is 38.9 Å². The van der Waals surface area contributed by atoms with Crippen LogP contribution in [0.1, 0.15) is 41.6 Å². The van der Waals surface area contributed by atoms with E-state index in [0.717, 1.165) is 32.2 Å². The van der Waals surface area contributed by atoms with E-state index >= 15 is 0 Å². The standard InChI is InChI=1S/C25H28F2N2O5/c1-29-11-10-24(16-5-7-18(31-2)20(13-16)32-3)9-8-17(14-22(24)29)28-23(30)15-4-6-19-21(12-15)34-25(26,27)33-19/h4-7,12-13,17,22H,8-11,14H2,1-3H3,(H,28,30)/t17-,22+,24+/m1/s1. The van der Waals surface area contributed by atoms with E-state index in [4.69, 9.17) is 9.47 Å². The quantitative estimate of drug-likeness (QED) is 0.708. The molecular formula is C25H28F2N2O5. The van der Waals surface area contributed by atoms with E-state index < -0.39 is 6.29 Å². The molecule has 7 nitrogen and oxygen atoms in total. The Morgan fingerprint density at radius 1 is 1.06 bits per heavy atom. The highest BCUT2D eigenvalue weighted by molar-refractivity contribution is 5.95. The number of hydrogen-bond acceptors (Lipinski definition) is 6. The number of carbonyl (C=O) groups excluding carboxylic acids is 1. The minimum atomic E-state index is -3.71. The van der Waals surface area contributed by atoms with Gasteiger partial charge in [0, 0.05) is 23.1 Å². The number of ether oxygens (including phenoxy) is 4. The van der Waals surface area contributed by atoms with E-state index in [1.165, 1.54) is 23.8 Å². The molecule has 0 spiro atoms. The zero-order valence-corrected chi connectivity index (χ0v) is 19.4. The molecule has 1 saturated carbocycles. The molecule has 3 aliphatic rings. The van der Waals surface area contributed by atoms with Gasteiger partial charge < -0.3 is 29.2 Å². The Hall–Kier alpha value is -3.07. The van der Waals surface area contributed by atoms with Crippen molar-refractivity contribution in [1.82, 2.24) is 10.2 Å². The highest BCUT2D eigenvalue weighted by Crippen LogP contribution is 2.50. The number of amides is 1. The summed E-state index contributed by atoms with van der Waals surface area (Å²) >= 11 is 0. The minimum Gasteiger partial charge on any atom is -0.493 e. The highest BCUT2D eigenvalue weighted by Gasteiger charge is 2.51. The van der Waals surface area contributed by atoms with Crippen molar-refractivity contribution in [2.75, 3.05) is 27.8 Å². The number of methoxy groups -OCH3 is 2. The maximum Gasteiger partial charge on any atom is 0.586 e. The number of nitrogens with one attached hydrogen (secondary N) is 1. The second-order valence-corrected chi connectivity index (χ2v) is 9.25. The van der Waals surface area contributed by atoms with Crippen LogP contribution in [0.25, 0.3) is 0 Å². The number of likely N-dealkylation sites (tertiary alicyclic amines) is 1. The van der Waals surface area contributed by atoms with Gasteiger partial charge in [0.15, 0.2) is 23.0 Å². The van der Waals surface area contributed by atoms with Crippen LogP contribution in [0, 0.1) is 0 Å². The Labute approximate surface area is 196 Å². The fourth-order valence-corrected chi connectivity index (χ4v) is 5.75. The first-order chi connectivity index (χ1) is 16.2. The lowest BCUT2D eigenvalue weighted by Crippen LogP contribution is -2.51. The summed E-state index contributed by atoms with van der Waals surface area (Å²) in [6.07, 6.45) is -0.163. The van der Waals surface area contributed by atoms with Crippen LogP contribution < -0.4 is 24.3 Å². The molecule has 2 fully saturated rings. The molecule has 1 amide bonds. The first-order valence-electron chi connectivity index (χ1n) is 11.4. The average Bonchev–Trinajstić information content (AvgIpc) is 3.33. The number of fused-ring (bicyclic) bond motifs is 2. The predicted octanol–water partition coefficient (Wildman–Crippen LogP) is 3.95. The van der Waals surface area contributed by atoms with Gasteiger partial charge >= 0.3 is 6.29 Å². The molecule has 0 radical (unpaired) electrons. The van der Waals surface area contributed by atoms with Crippen molar-refractivity contribution in [3.63, 3.8) is 0 Å². The molecule has 2 heterocycles. The summed E-state index contributed by atoms with van der Waals surface area (Å²) in [5.74, 6) is 0.890. The molecule has 182 valence electrons. The van der Waals surface area contributed by atoms with Crippen LogP contribution in [0.3, 0.4) is 0 Å². The van der Waals surface area contributed by atoms with Crippen LogP contribution >= 0.6 is 0 Å². The van der Waals surface area contributed by atoms with Gasteiger partial charge in [-0.15, -0.1) is 8.78 Å². The highest BCUT2D eigenvalue weighted by atomic mass is 19.3. The average molecular weight is 475 g/mol. The largest absolute Gasteiger partial charge is 0.586 e. The summed E-state index contributed by atoms with van der Waals surface area (Å²) in [6.45, 7) is 0.968. The van der Waals surface area contributed by atoms with Crippen molar-refractivity contribution in [3.05, 3.63) is 47.5 Å². The molecule has 0 aromatic heterocycles. The number of rotatable bonds is 5. The Morgan fingerprint density at radius 3 is 2.59 bits per heavy atom. The molecule has 2 aromatic rings. The number of benzene rings is 2. The molecule has 1 N–H and O–H groups in total. The molecule has 9 heteroatoms.